The van der Waals surface area contributed by atoms with Crippen molar-refractivity contribution >= 4 is 0 Å². The second-order valence-corrected chi connectivity index (χ2v) is 3.21. The van der Waals surface area contributed by atoms with Crippen molar-refractivity contribution in [2.24, 2.45) is 0 Å². The lowest BCUT2D eigenvalue weighted by molar-refractivity contribution is -0.517. The van der Waals surface area contributed by atoms with Gasteiger partial charge in [-0.1, -0.05) is 0 Å². The van der Waals surface area contributed by atoms with Gasteiger partial charge in [-0.3, -0.25) is 10.1 Å². The highest BCUT2D eigenvalue weighted by atomic mass is 16.6. The highest BCUT2D eigenvalue weighted by Gasteiger charge is 2.22. The summed E-state index contributed by atoms with van der Waals surface area (Å²) in [5.74, 6) is 0.240. The number of nitrogens with one attached hydrogen (secondary N) is 2. The van der Waals surface area contributed by atoms with Gasteiger partial charge in [0.15, 0.2) is 11.4 Å². The molecule has 3 aromatic heterocycles. The van der Waals surface area contributed by atoms with E-state index in [0.29, 0.717) is 0 Å². The van der Waals surface area contributed by atoms with E-state index in [9.17, 15) is 10.1 Å². The third-order valence-corrected chi connectivity index (χ3v) is 2.01. The Balaban J connectivity index is 2.10. The highest BCUT2D eigenvalue weighted by Crippen LogP contribution is 2.22. The van der Waals surface area contributed by atoms with Crippen LogP contribution in [0.15, 0.2) is 0 Å². The summed E-state index contributed by atoms with van der Waals surface area (Å²) in [7, 11) is 0. The van der Waals surface area contributed by atoms with Gasteiger partial charge in [0.25, 0.3) is 0 Å². The number of aromatic nitrogens is 11. The number of tetrazole rings is 2. The molecule has 0 fully saturated rings. The van der Waals surface area contributed by atoms with E-state index < -0.39 is 11.6 Å². The van der Waals surface area contributed by atoms with Crippen LogP contribution in [0, 0.1) is 10.1 Å². The summed E-state index contributed by atoms with van der Waals surface area (Å²) >= 11 is 0. The van der Waals surface area contributed by atoms with Crippen molar-refractivity contribution in [1.82, 2.24) is 56.2 Å². The minimum Gasteiger partial charge on any atom is -0.262 e. The van der Waals surface area contributed by atoms with Crippen molar-refractivity contribution < 1.29 is 4.92 Å². The van der Waals surface area contributed by atoms with Crippen LogP contribution in [0.4, 0.5) is 0 Å². The van der Waals surface area contributed by atoms with Crippen LogP contribution in [-0.2, 0) is 6.67 Å². The zero-order valence-electron chi connectivity index (χ0n) is 9.00. The Hall–Kier alpha value is -3.32. The molecule has 0 amide bonds. The number of nitrogens with zero attached hydrogens (tertiary/aromatic N) is 10. The number of H-pyrrole nitrogens is 2. The van der Waals surface area contributed by atoms with Crippen LogP contribution < -0.4 is 0 Å². The second-order valence-electron chi connectivity index (χ2n) is 3.21. The molecule has 0 bridgehead atoms. The van der Waals surface area contributed by atoms with E-state index in [1.54, 1.807) is 0 Å². The van der Waals surface area contributed by atoms with Crippen LogP contribution in [0.5, 0.6) is 0 Å². The first kappa shape index (κ1) is 10.8. The molecule has 0 spiro atoms. The van der Waals surface area contributed by atoms with Crippen molar-refractivity contribution in [3.8, 4) is 23.0 Å². The van der Waals surface area contributed by atoms with Gasteiger partial charge in [0, 0.05) is 4.92 Å². The Labute approximate surface area is 102 Å². The summed E-state index contributed by atoms with van der Waals surface area (Å²) in [6, 6.07) is 0. The van der Waals surface area contributed by atoms with E-state index in [2.05, 4.69) is 51.4 Å². The second kappa shape index (κ2) is 4.17. The molecule has 0 aliphatic rings. The van der Waals surface area contributed by atoms with E-state index in [1.807, 2.05) is 0 Å². The average molecular weight is 264 g/mol. The number of nitro groups is 1. The molecule has 2 N–H and O–H groups in total. The SMILES string of the molecule is O=[N+]([O-])Cn1nc(-c2nn[nH]n2)c(-c2nn[nH]n2)n1. The van der Waals surface area contributed by atoms with Gasteiger partial charge in [-0.15, -0.1) is 35.4 Å². The molecule has 0 unspecified atom stereocenters. The largest absolute Gasteiger partial charge is 0.312 e. The van der Waals surface area contributed by atoms with Gasteiger partial charge >= 0.3 is 6.67 Å². The van der Waals surface area contributed by atoms with Gasteiger partial charge in [-0.2, -0.15) is 10.4 Å². The maximum Gasteiger partial charge on any atom is 0.312 e. The summed E-state index contributed by atoms with van der Waals surface area (Å²) in [5.41, 5.74) is 0.328. The molecule has 0 atom stereocenters. The topological polar surface area (TPSA) is 183 Å². The predicted octanol–water partition coefficient (Wildman–Crippen LogP) is -2.13. The molecule has 3 aromatic rings. The lowest BCUT2D eigenvalue weighted by atomic mass is 10.3. The summed E-state index contributed by atoms with van der Waals surface area (Å²) in [5, 5.41) is 44.5. The fourth-order valence-electron chi connectivity index (χ4n) is 1.34. The summed E-state index contributed by atoms with van der Waals surface area (Å²) in [6.07, 6.45) is 0. The maximum absolute atomic E-state index is 10.5. The van der Waals surface area contributed by atoms with Crippen molar-refractivity contribution in [1.29, 1.82) is 0 Å². The molecule has 14 nitrogen and oxygen atoms in total. The van der Waals surface area contributed by atoms with Crippen molar-refractivity contribution in [3.63, 3.8) is 0 Å². The molecule has 0 saturated carbocycles. The molecule has 96 valence electrons. The molecule has 0 aliphatic carbocycles. The zero-order valence-corrected chi connectivity index (χ0v) is 9.00. The first-order chi connectivity index (χ1) is 9.24. The van der Waals surface area contributed by atoms with Crippen molar-refractivity contribution in [2.45, 2.75) is 6.67 Å². The molecule has 0 aliphatic heterocycles. The lowest BCUT2D eigenvalue weighted by Gasteiger charge is -1.88. The first-order valence-corrected chi connectivity index (χ1v) is 4.78. The quantitative estimate of drug-likeness (QED) is 0.389. The normalized spacial score (nSPS) is 10.7. The lowest BCUT2D eigenvalue weighted by Crippen LogP contribution is -2.10. The van der Waals surface area contributed by atoms with Crippen LogP contribution in [0.2, 0.25) is 0 Å². The van der Waals surface area contributed by atoms with Crippen LogP contribution in [0.1, 0.15) is 0 Å². The Morgan fingerprint density at radius 1 is 1.05 bits per heavy atom. The molecule has 3 heterocycles. The predicted molar refractivity (Wildman–Crippen MR) is 53.4 cm³/mol. The Morgan fingerprint density at radius 3 is 1.95 bits per heavy atom. The molecular weight excluding hydrogens is 260 g/mol. The van der Waals surface area contributed by atoms with E-state index in [0.717, 1.165) is 4.80 Å². The van der Waals surface area contributed by atoms with Crippen molar-refractivity contribution in [2.75, 3.05) is 0 Å². The monoisotopic (exact) mass is 264 g/mol. The van der Waals surface area contributed by atoms with Gasteiger partial charge in [0.1, 0.15) is 0 Å². The Morgan fingerprint density at radius 2 is 1.58 bits per heavy atom. The third-order valence-electron chi connectivity index (χ3n) is 2.01. The smallest absolute Gasteiger partial charge is 0.262 e. The molecule has 3 rings (SSSR count). The van der Waals surface area contributed by atoms with Gasteiger partial charge < -0.3 is 0 Å². The van der Waals surface area contributed by atoms with Crippen LogP contribution in [-0.4, -0.2) is 61.2 Å². The fraction of sp³-hybridized carbons (Fsp3) is 0.200. The summed E-state index contributed by atoms with van der Waals surface area (Å²) < 4.78 is 0. The minimum absolute atomic E-state index is 0.120. The third kappa shape index (κ3) is 1.96. The number of aromatic amines is 2. The van der Waals surface area contributed by atoms with Crippen molar-refractivity contribution in [3.05, 3.63) is 10.1 Å². The molecule has 0 aromatic carbocycles. The maximum atomic E-state index is 10.5. The number of hydrogen-bond acceptors (Lipinski definition) is 10. The minimum atomic E-state index is -0.608. The van der Waals surface area contributed by atoms with E-state index in [-0.39, 0.29) is 23.0 Å². The van der Waals surface area contributed by atoms with E-state index in [1.165, 1.54) is 0 Å². The molecular formula is C5H4N12O2. The van der Waals surface area contributed by atoms with E-state index in [4.69, 9.17) is 0 Å². The van der Waals surface area contributed by atoms with Crippen LogP contribution >= 0.6 is 0 Å². The van der Waals surface area contributed by atoms with E-state index >= 15 is 0 Å². The number of rotatable bonds is 4. The Bertz CT molecular complexity index is 630. The molecule has 0 radical (unpaired) electrons. The zero-order chi connectivity index (χ0) is 13.2. The molecule has 0 saturated heterocycles. The Kier molecular flexibility index (Phi) is 2.37. The van der Waals surface area contributed by atoms with Crippen LogP contribution in [0.3, 0.4) is 0 Å². The fourth-order valence-corrected chi connectivity index (χ4v) is 1.34. The highest BCUT2D eigenvalue weighted by molar-refractivity contribution is 5.68. The molecule has 19 heavy (non-hydrogen) atoms. The standard InChI is InChI=1S/C5H4N12O2/c18-17(19)1-16-10-2(4-6-12-13-7-4)3(11-16)5-8-14-15-9-5/h1H2,(H,6,7,12,13)(H,8,9,14,15). The van der Waals surface area contributed by atoms with Gasteiger partial charge in [-0.05, 0) is 10.4 Å². The summed E-state index contributed by atoms with van der Waals surface area (Å²) in [4.78, 5) is 10.8. The van der Waals surface area contributed by atoms with Gasteiger partial charge in [-0.25, -0.2) is 0 Å². The molecule has 14 heteroatoms. The average Bonchev–Trinajstić information content (AvgIpc) is 3.09. The van der Waals surface area contributed by atoms with Crippen LogP contribution in [0.25, 0.3) is 23.0 Å². The first-order valence-electron chi connectivity index (χ1n) is 4.78. The number of hydrogen-bond donors (Lipinski definition) is 2. The van der Waals surface area contributed by atoms with Gasteiger partial charge in [0.05, 0.1) is 0 Å². The summed E-state index contributed by atoms with van der Waals surface area (Å²) in [6.45, 7) is -0.608. The van der Waals surface area contributed by atoms with Gasteiger partial charge in [0.2, 0.25) is 11.6 Å².